The van der Waals surface area contributed by atoms with E-state index in [4.69, 9.17) is 11.6 Å². The fraction of sp³-hybridized carbons (Fsp3) is 0.500. The Morgan fingerprint density at radius 1 is 1.36 bits per heavy atom. The zero-order valence-corrected chi connectivity index (χ0v) is 9.27. The fourth-order valence-electron chi connectivity index (χ4n) is 2.23. The lowest BCUT2D eigenvalue weighted by atomic mass is 9.77. The monoisotopic (exact) mass is 209 g/mol. The molecular weight excluding hydrogens is 194 g/mol. The molecule has 1 atom stereocenters. The third kappa shape index (κ3) is 1.67. The molecule has 0 bridgehead atoms. The van der Waals surface area contributed by atoms with Crippen LogP contribution < -0.4 is 5.32 Å². The second-order valence-corrected chi connectivity index (χ2v) is 4.45. The molecule has 1 unspecified atom stereocenters. The largest absolute Gasteiger partial charge is 0.307 e. The summed E-state index contributed by atoms with van der Waals surface area (Å²) < 4.78 is 0. The van der Waals surface area contributed by atoms with Crippen molar-refractivity contribution in [3.05, 3.63) is 34.9 Å². The Balaban J connectivity index is 2.23. The van der Waals surface area contributed by atoms with Crippen LogP contribution in [0.4, 0.5) is 0 Å². The first-order valence-corrected chi connectivity index (χ1v) is 5.66. The molecule has 2 heteroatoms. The maximum Gasteiger partial charge on any atom is 0.0446 e. The molecule has 1 heterocycles. The summed E-state index contributed by atoms with van der Waals surface area (Å²) in [6.07, 6.45) is 3.69. The van der Waals surface area contributed by atoms with Crippen LogP contribution in [-0.4, -0.2) is 6.54 Å². The highest BCUT2D eigenvalue weighted by Crippen LogP contribution is 2.35. The molecule has 0 radical (unpaired) electrons. The molecule has 1 aromatic rings. The van der Waals surface area contributed by atoms with E-state index < -0.39 is 0 Å². The Morgan fingerprint density at radius 2 is 2.00 bits per heavy atom. The van der Waals surface area contributed by atoms with Crippen LogP contribution >= 0.6 is 11.6 Å². The van der Waals surface area contributed by atoms with Crippen LogP contribution in [-0.2, 0) is 5.54 Å². The van der Waals surface area contributed by atoms with E-state index in [0.717, 1.165) is 11.6 Å². The predicted octanol–water partition coefficient (Wildman–Crippen LogP) is 3.33. The van der Waals surface area contributed by atoms with E-state index in [2.05, 4.69) is 24.4 Å². The highest BCUT2D eigenvalue weighted by atomic mass is 35.5. The van der Waals surface area contributed by atoms with E-state index in [1.165, 1.54) is 24.8 Å². The molecular formula is C12H16ClN. The molecule has 0 aliphatic carbocycles. The minimum absolute atomic E-state index is 0.249. The first kappa shape index (κ1) is 10.0. The van der Waals surface area contributed by atoms with Gasteiger partial charge in [-0.25, -0.2) is 0 Å². The van der Waals surface area contributed by atoms with Crippen LogP contribution in [0.15, 0.2) is 24.3 Å². The number of hydrogen-bond acceptors (Lipinski definition) is 1. The van der Waals surface area contributed by atoms with Gasteiger partial charge in [0, 0.05) is 10.6 Å². The normalized spacial score (nSPS) is 25.9. The molecule has 1 aliphatic rings. The van der Waals surface area contributed by atoms with Crippen molar-refractivity contribution in [1.29, 1.82) is 0 Å². The van der Waals surface area contributed by atoms with Crippen LogP contribution in [0.2, 0.25) is 5.02 Å². The molecule has 0 spiro atoms. The lowest BCUT2D eigenvalue weighted by Gasteiger charge is -2.44. The summed E-state index contributed by atoms with van der Waals surface area (Å²) in [4.78, 5) is 0. The van der Waals surface area contributed by atoms with Crippen LogP contribution in [0.5, 0.6) is 0 Å². The molecule has 0 amide bonds. The summed E-state index contributed by atoms with van der Waals surface area (Å²) in [5.74, 6) is 0. The summed E-state index contributed by atoms with van der Waals surface area (Å²) in [6, 6.07) is 8.25. The van der Waals surface area contributed by atoms with Gasteiger partial charge in [-0.05, 0) is 37.1 Å². The molecule has 1 N–H and O–H groups in total. The molecule has 14 heavy (non-hydrogen) atoms. The van der Waals surface area contributed by atoms with Gasteiger partial charge in [0.25, 0.3) is 0 Å². The highest BCUT2D eigenvalue weighted by molar-refractivity contribution is 6.30. The summed E-state index contributed by atoms with van der Waals surface area (Å²) in [5, 5.41) is 4.37. The molecule has 0 aromatic heterocycles. The maximum absolute atomic E-state index is 5.88. The highest BCUT2D eigenvalue weighted by Gasteiger charge is 2.36. The third-order valence-corrected chi connectivity index (χ3v) is 3.34. The van der Waals surface area contributed by atoms with Gasteiger partial charge in [-0.2, -0.15) is 0 Å². The molecule has 0 saturated carbocycles. The molecule has 1 aromatic carbocycles. The summed E-state index contributed by atoms with van der Waals surface area (Å²) >= 11 is 5.88. The maximum atomic E-state index is 5.88. The average Bonchev–Trinajstić information content (AvgIpc) is 2.13. The second kappa shape index (κ2) is 3.92. The van der Waals surface area contributed by atoms with Gasteiger partial charge in [0.2, 0.25) is 0 Å². The first-order valence-electron chi connectivity index (χ1n) is 5.28. The van der Waals surface area contributed by atoms with Crippen molar-refractivity contribution in [3.8, 4) is 0 Å². The van der Waals surface area contributed by atoms with Crippen molar-refractivity contribution in [3.63, 3.8) is 0 Å². The van der Waals surface area contributed by atoms with Gasteiger partial charge in [0.15, 0.2) is 0 Å². The topological polar surface area (TPSA) is 12.0 Å². The number of nitrogens with one attached hydrogen (secondary N) is 1. The van der Waals surface area contributed by atoms with Gasteiger partial charge in [0.05, 0.1) is 0 Å². The van der Waals surface area contributed by atoms with Gasteiger partial charge in [-0.15, -0.1) is 0 Å². The van der Waals surface area contributed by atoms with E-state index in [9.17, 15) is 0 Å². The van der Waals surface area contributed by atoms with Gasteiger partial charge in [-0.1, -0.05) is 37.1 Å². The molecule has 1 aliphatic heterocycles. The summed E-state index contributed by atoms with van der Waals surface area (Å²) in [5.41, 5.74) is 1.63. The minimum atomic E-state index is 0.249. The standard InChI is InChI=1S/C12H16ClN/c1-2-7-12(8-9-14-12)10-3-5-11(13)6-4-10/h3-6,14H,2,7-9H2,1H3. The van der Waals surface area contributed by atoms with Crippen LogP contribution in [0.25, 0.3) is 0 Å². The molecule has 1 nitrogen and oxygen atoms in total. The zero-order chi connectivity index (χ0) is 10.0. The lowest BCUT2D eigenvalue weighted by molar-refractivity contribution is 0.191. The SMILES string of the molecule is CCCC1(c2ccc(Cl)cc2)CCN1. The Labute approximate surface area is 90.5 Å². The number of hydrogen-bond donors (Lipinski definition) is 1. The van der Waals surface area contributed by atoms with Crippen molar-refractivity contribution in [1.82, 2.24) is 5.32 Å². The van der Waals surface area contributed by atoms with Crippen LogP contribution in [0, 0.1) is 0 Å². The smallest absolute Gasteiger partial charge is 0.0446 e. The Hall–Kier alpha value is -0.530. The van der Waals surface area contributed by atoms with E-state index in [0.29, 0.717) is 0 Å². The Kier molecular flexibility index (Phi) is 2.80. The first-order chi connectivity index (χ1) is 6.77. The Morgan fingerprint density at radius 3 is 2.43 bits per heavy atom. The Bertz CT molecular complexity index is 301. The van der Waals surface area contributed by atoms with Crippen molar-refractivity contribution in [2.24, 2.45) is 0 Å². The van der Waals surface area contributed by atoms with Crippen molar-refractivity contribution >= 4 is 11.6 Å². The zero-order valence-electron chi connectivity index (χ0n) is 8.52. The van der Waals surface area contributed by atoms with Crippen LogP contribution in [0.3, 0.4) is 0 Å². The van der Waals surface area contributed by atoms with Crippen molar-refractivity contribution < 1.29 is 0 Å². The number of halogens is 1. The molecule has 1 fully saturated rings. The predicted molar refractivity (Wildman–Crippen MR) is 60.7 cm³/mol. The summed E-state index contributed by atoms with van der Waals surface area (Å²) in [7, 11) is 0. The van der Waals surface area contributed by atoms with E-state index >= 15 is 0 Å². The quantitative estimate of drug-likeness (QED) is 0.806. The van der Waals surface area contributed by atoms with Gasteiger partial charge in [-0.3, -0.25) is 0 Å². The van der Waals surface area contributed by atoms with E-state index in [-0.39, 0.29) is 5.54 Å². The average molecular weight is 210 g/mol. The lowest BCUT2D eigenvalue weighted by Crippen LogP contribution is -2.53. The van der Waals surface area contributed by atoms with Gasteiger partial charge < -0.3 is 5.32 Å². The van der Waals surface area contributed by atoms with E-state index in [1.54, 1.807) is 0 Å². The number of benzene rings is 1. The van der Waals surface area contributed by atoms with Crippen molar-refractivity contribution in [2.45, 2.75) is 31.7 Å². The van der Waals surface area contributed by atoms with Crippen LogP contribution in [0.1, 0.15) is 31.7 Å². The third-order valence-electron chi connectivity index (χ3n) is 3.09. The molecule has 76 valence electrons. The van der Waals surface area contributed by atoms with Gasteiger partial charge in [0.1, 0.15) is 0 Å². The summed E-state index contributed by atoms with van der Waals surface area (Å²) in [6.45, 7) is 3.38. The van der Waals surface area contributed by atoms with E-state index in [1.807, 2.05) is 12.1 Å². The minimum Gasteiger partial charge on any atom is -0.307 e. The molecule has 1 saturated heterocycles. The number of rotatable bonds is 3. The second-order valence-electron chi connectivity index (χ2n) is 4.02. The molecule has 2 rings (SSSR count). The van der Waals surface area contributed by atoms with Crippen molar-refractivity contribution in [2.75, 3.05) is 6.54 Å². The van der Waals surface area contributed by atoms with Gasteiger partial charge >= 0.3 is 0 Å². The fourth-order valence-corrected chi connectivity index (χ4v) is 2.35.